The second-order valence-corrected chi connectivity index (χ2v) is 6.08. The third-order valence-corrected chi connectivity index (χ3v) is 4.36. The molecule has 1 N–H and O–H groups in total. The minimum absolute atomic E-state index is 0.0710. The Bertz CT molecular complexity index is 805. The van der Waals surface area contributed by atoms with Gasteiger partial charge in [0.25, 0.3) is 5.91 Å². The van der Waals surface area contributed by atoms with Crippen LogP contribution in [0.15, 0.2) is 36.8 Å². The van der Waals surface area contributed by atoms with Crippen LogP contribution < -0.4 is 10.2 Å². The number of amides is 3. The Balaban J connectivity index is 1.65. The van der Waals surface area contributed by atoms with Gasteiger partial charge in [0, 0.05) is 49.9 Å². The second kappa shape index (κ2) is 8.09. The average molecular weight is 378 g/mol. The molecule has 7 nitrogen and oxygen atoms in total. The zero-order chi connectivity index (χ0) is 18.5. The number of rotatable bonds is 6. The second-order valence-electron chi connectivity index (χ2n) is 5.67. The van der Waals surface area contributed by atoms with E-state index in [1.165, 1.54) is 22.2 Å². The molecule has 1 fully saturated rings. The number of nitrogens with one attached hydrogen (secondary N) is 1. The number of pyridine rings is 2. The summed E-state index contributed by atoms with van der Waals surface area (Å²) in [6.45, 7) is 0.566. The van der Waals surface area contributed by atoms with E-state index in [9.17, 15) is 14.0 Å². The van der Waals surface area contributed by atoms with Crippen LogP contribution in [-0.4, -0.2) is 53.1 Å². The molecule has 0 bridgehead atoms. The Labute approximate surface area is 154 Å². The van der Waals surface area contributed by atoms with E-state index in [1.54, 1.807) is 24.4 Å². The van der Waals surface area contributed by atoms with Crippen molar-refractivity contribution in [3.63, 3.8) is 0 Å². The molecule has 26 heavy (non-hydrogen) atoms. The van der Waals surface area contributed by atoms with Crippen molar-refractivity contribution in [3.05, 3.63) is 52.9 Å². The van der Waals surface area contributed by atoms with Crippen LogP contribution >= 0.6 is 11.6 Å². The summed E-state index contributed by atoms with van der Waals surface area (Å²) in [5.74, 6) is 0.138. The van der Waals surface area contributed by atoms with E-state index in [4.69, 9.17) is 11.6 Å². The molecule has 1 aliphatic rings. The summed E-state index contributed by atoms with van der Waals surface area (Å²) in [6, 6.07) is 4.62. The monoisotopic (exact) mass is 377 g/mol. The highest BCUT2D eigenvalue weighted by Gasteiger charge is 2.30. The van der Waals surface area contributed by atoms with Crippen LogP contribution in [0.2, 0.25) is 5.02 Å². The van der Waals surface area contributed by atoms with E-state index in [0.717, 1.165) is 0 Å². The van der Waals surface area contributed by atoms with E-state index in [0.29, 0.717) is 35.1 Å². The van der Waals surface area contributed by atoms with Crippen LogP contribution in [0.5, 0.6) is 0 Å². The van der Waals surface area contributed by atoms with Crippen molar-refractivity contribution in [2.45, 2.75) is 6.54 Å². The average Bonchev–Trinajstić information content (AvgIpc) is 3.02. The zero-order valence-electron chi connectivity index (χ0n) is 13.9. The fourth-order valence-electron chi connectivity index (χ4n) is 2.61. The van der Waals surface area contributed by atoms with Gasteiger partial charge >= 0.3 is 6.03 Å². The highest BCUT2D eigenvalue weighted by molar-refractivity contribution is 6.31. The first-order chi connectivity index (χ1) is 12.6. The van der Waals surface area contributed by atoms with Gasteiger partial charge in [-0.25, -0.2) is 14.2 Å². The maximum atomic E-state index is 12.5. The van der Waals surface area contributed by atoms with E-state index < -0.39 is 6.67 Å². The molecule has 3 heterocycles. The molecule has 3 amide bonds. The van der Waals surface area contributed by atoms with Crippen LogP contribution in [0.3, 0.4) is 0 Å². The molecule has 0 atom stereocenters. The number of halogens is 2. The lowest BCUT2D eigenvalue weighted by Gasteiger charge is -2.17. The van der Waals surface area contributed by atoms with E-state index >= 15 is 0 Å². The standard InChI is InChI=1S/C17H17ClFN5O2/c18-14-8-15(24-7-6-23(5-3-19)17(24)26)21-10-13(14)11-22-16(25)12-2-1-4-20-9-12/h1-2,4,8-10H,3,5-7,11H2,(H,22,25). The molecule has 136 valence electrons. The largest absolute Gasteiger partial charge is 0.348 e. The summed E-state index contributed by atoms with van der Waals surface area (Å²) in [7, 11) is 0. The first-order valence-corrected chi connectivity index (χ1v) is 8.43. The molecule has 0 saturated carbocycles. The summed E-state index contributed by atoms with van der Waals surface area (Å²) >= 11 is 6.27. The number of aromatic nitrogens is 2. The van der Waals surface area contributed by atoms with Gasteiger partial charge < -0.3 is 10.2 Å². The molecular weight excluding hydrogens is 361 g/mol. The quantitative estimate of drug-likeness (QED) is 0.837. The first kappa shape index (κ1) is 18.1. The Morgan fingerprint density at radius 3 is 2.88 bits per heavy atom. The number of urea groups is 1. The minimum atomic E-state index is -0.580. The van der Waals surface area contributed by atoms with Crippen LogP contribution in [0.1, 0.15) is 15.9 Å². The number of nitrogens with zero attached hydrogens (tertiary/aromatic N) is 4. The number of anilines is 1. The van der Waals surface area contributed by atoms with Crippen LogP contribution in [0, 0.1) is 0 Å². The minimum Gasteiger partial charge on any atom is -0.348 e. The molecule has 1 aliphatic heterocycles. The number of hydrogen-bond donors (Lipinski definition) is 1. The highest BCUT2D eigenvalue weighted by atomic mass is 35.5. The normalized spacial score (nSPS) is 14.0. The lowest BCUT2D eigenvalue weighted by atomic mass is 10.2. The van der Waals surface area contributed by atoms with Crippen molar-refractivity contribution < 1.29 is 14.0 Å². The summed E-state index contributed by atoms with van der Waals surface area (Å²) in [5, 5.41) is 3.13. The van der Waals surface area contributed by atoms with Crippen molar-refractivity contribution in [2.24, 2.45) is 0 Å². The topological polar surface area (TPSA) is 78.4 Å². The Morgan fingerprint density at radius 1 is 1.35 bits per heavy atom. The van der Waals surface area contributed by atoms with Crippen molar-refractivity contribution in [1.29, 1.82) is 0 Å². The fourth-order valence-corrected chi connectivity index (χ4v) is 2.82. The van der Waals surface area contributed by atoms with E-state index in [1.807, 2.05) is 0 Å². The number of carbonyl (C=O) groups excluding carboxylic acids is 2. The SMILES string of the molecule is O=C(NCc1cnc(N2CCN(CCF)C2=O)cc1Cl)c1cccnc1. The molecule has 0 aliphatic carbocycles. The number of carbonyl (C=O) groups is 2. The van der Waals surface area contributed by atoms with Gasteiger partial charge in [0.15, 0.2) is 0 Å². The molecule has 0 radical (unpaired) electrons. The number of alkyl halides is 1. The third kappa shape index (κ3) is 3.91. The van der Waals surface area contributed by atoms with Gasteiger partial charge in [-0.2, -0.15) is 0 Å². The zero-order valence-corrected chi connectivity index (χ0v) is 14.6. The lowest BCUT2D eigenvalue weighted by Crippen LogP contribution is -2.33. The van der Waals surface area contributed by atoms with Crippen LogP contribution in [0.25, 0.3) is 0 Å². The Hall–Kier alpha value is -2.74. The summed E-state index contributed by atoms with van der Waals surface area (Å²) < 4.78 is 12.5. The molecule has 2 aromatic rings. The summed E-state index contributed by atoms with van der Waals surface area (Å²) in [6.07, 6.45) is 4.58. The Kier molecular flexibility index (Phi) is 5.62. The first-order valence-electron chi connectivity index (χ1n) is 8.05. The van der Waals surface area contributed by atoms with E-state index in [2.05, 4.69) is 15.3 Å². The maximum Gasteiger partial charge on any atom is 0.325 e. The highest BCUT2D eigenvalue weighted by Crippen LogP contribution is 2.24. The van der Waals surface area contributed by atoms with Gasteiger partial charge in [0.05, 0.1) is 17.1 Å². The molecule has 0 aromatic carbocycles. The summed E-state index contributed by atoms with van der Waals surface area (Å²) in [5.41, 5.74) is 1.07. The molecule has 2 aromatic heterocycles. The maximum absolute atomic E-state index is 12.5. The third-order valence-electron chi connectivity index (χ3n) is 4.00. The van der Waals surface area contributed by atoms with Gasteiger partial charge in [-0.3, -0.25) is 14.7 Å². The number of hydrogen-bond acceptors (Lipinski definition) is 4. The van der Waals surface area contributed by atoms with Gasteiger partial charge in [-0.05, 0) is 12.1 Å². The van der Waals surface area contributed by atoms with Crippen molar-refractivity contribution in [2.75, 3.05) is 31.2 Å². The lowest BCUT2D eigenvalue weighted by molar-refractivity contribution is 0.0950. The van der Waals surface area contributed by atoms with Gasteiger partial charge in [-0.1, -0.05) is 11.6 Å². The smallest absolute Gasteiger partial charge is 0.325 e. The van der Waals surface area contributed by atoms with Crippen molar-refractivity contribution >= 4 is 29.4 Å². The predicted molar refractivity (Wildman–Crippen MR) is 94.9 cm³/mol. The van der Waals surface area contributed by atoms with Crippen LogP contribution in [0.4, 0.5) is 15.0 Å². The summed E-state index contributed by atoms with van der Waals surface area (Å²) in [4.78, 5) is 35.3. The Morgan fingerprint density at radius 2 is 2.19 bits per heavy atom. The molecule has 0 unspecified atom stereocenters. The van der Waals surface area contributed by atoms with E-state index in [-0.39, 0.29) is 25.0 Å². The van der Waals surface area contributed by atoms with Gasteiger partial charge in [0.1, 0.15) is 12.5 Å². The molecular formula is C17H17ClFN5O2. The molecule has 3 rings (SSSR count). The fraction of sp³-hybridized carbons (Fsp3) is 0.294. The van der Waals surface area contributed by atoms with Crippen molar-refractivity contribution in [3.8, 4) is 0 Å². The molecule has 1 saturated heterocycles. The van der Waals surface area contributed by atoms with Crippen molar-refractivity contribution in [1.82, 2.24) is 20.2 Å². The van der Waals surface area contributed by atoms with Gasteiger partial charge in [0.2, 0.25) is 0 Å². The van der Waals surface area contributed by atoms with Crippen LogP contribution in [-0.2, 0) is 6.54 Å². The van der Waals surface area contributed by atoms with Gasteiger partial charge in [-0.15, -0.1) is 0 Å². The molecule has 0 spiro atoms. The molecule has 9 heteroatoms. The predicted octanol–water partition coefficient (Wildman–Crippen LogP) is 2.27.